The van der Waals surface area contributed by atoms with Crippen LogP contribution in [0, 0.1) is 11.3 Å². The van der Waals surface area contributed by atoms with Crippen molar-refractivity contribution in [3.8, 4) is 0 Å². The molecule has 1 saturated carbocycles. The van der Waals surface area contributed by atoms with Crippen LogP contribution in [0.3, 0.4) is 0 Å². The average Bonchev–Trinajstić information content (AvgIpc) is 2.56. The van der Waals surface area contributed by atoms with Gasteiger partial charge < -0.3 is 15.4 Å². The van der Waals surface area contributed by atoms with Crippen LogP contribution in [0.2, 0.25) is 0 Å². The molecule has 1 aromatic carbocycles. The highest BCUT2D eigenvalue weighted by atomic mass is 16.5. The van der Waals surface area contributed by atoms with E-state index in [1.54, 1.807) is 0 Å². The minimum atomic E-state index is -0.281. The topological polar surface area (TPSA) is 55.6 Å². The molecule has 128 valence electrons. The summed E-state index contributed by atoms with van der Waals surface area (Å²) in [5.41, 5.74) is 7.29. The lowest BCUT2D eigenvalue weighted by atomic mass is 9.63. The maximum absolute atomic E-state index is 12.8. The van der Waals surface area contributed by atoms with Crippen molar-refractivity contribution in [2.75, 3.05) is 13.7 Å². The Kier molecular flexibility index (Phi) is 5.48. The Hall–Kier alpha value is -1.39. The molecule has 4 heteroatoms. The molecule has 4 nitrogen and oxygen atoms in total. The van der Waals surface area contributed by atoms with E-state index in [1.165, 1.54) is 0 Å². The lowest BCUT2D eigenvalue weighted by Crippen LogP contribution is -2.63. The summed E-state index contributed by atoms with van der Waals surface area (Å²) in [6.07, 6.45) is 1.13. The van der Waals surface area contributed by atoms with Crippen molar-refractivity contribution in [3.05, 3.63) is 35.9 Å². The maximum atomic E-state index is 12.8. The number of nitrogens with zero attached hydrogens (tertiary/aromatic N) is 1. The fraction of sp³-hybridized carbons (Fsp3) is 0.632. The second-order valence-electron chi connectivity index (χ2n) is 7.19. The van der Waals surface area contributed by atoms with Crippen LogP contribution in [0.1, 0.15) is 45.7 Å². The highest BCUT2D eigenvalue weighted by Gasteiger charge is 2.52. The van der Waals surface area contributed by atoms with Crippen molar-refractivity contribution in [1.29, 1.82) is 0 Å². The molecule has 0 aliphatic heterocycles. The van der Waals surface area contributed by atoms with Crippen molar-refractivity contribution < 1.29 is 9.53 Å². The van der Waals surface area contributed by atoms with Crippen LogP contribution in [0.15, 0.2) is 30.3 Å². The third-order valence-corrected chi connectivity index (χ3v) is 5.42. The smallest absolute Gasteiger partial charge is 0.227 e. The van der Waals surface area contributed by atoms with E-state index < -0.39 is 0 Å². The molecule has 0 aromatic heterocycles. The number of carbonyl (C=O) groups excluding carboxylic acids is 1. The van der Waals surface area contributed by atoms with E-state index >= 15 is 0 Å². The zero-order chi connectivity index (χ0) is 17.2. The van der Waals surface area contributed by atoms with Gasteiger partial charge in [-0.3, -0.25) is 4.79 Å². The van der Waals surface area contributed by atoms with Gasteiger partial charge in [0.05, 0.1) is 12.0 Å². The monoisotopic (exact) mass is 318 g/mol. The van der Waals surface area contributed by atoms with Crippen molar-refractivity contribution >= 4 is 5.91 Å². The number of ether oxygens (including phenoxy) is 1. The Bertz CT molecular complexity index is 529. The van der Waals surface area contributed by atoms with Gasteiger partial charge in [0.15, 0.2) is 0 Å². The predicted molar refractivity (Wildman–Crippen MR) is 92.9 cm³/mol. The van der Waals surface area contributed by atoms with Crippen LogP contribution < -0.4 is 5.73 Å². The van der Waals surface area contributed by atoms with Gasteiger partial charge in [0, 0.05) is 31.2 Å². The fourth-order valence-corrected chi connectivity index (χ4v) is 3.60. The Balaban J connectivity index is 2.03. The van der Waals surface area contributed by atoms with Gasteiger partial charge in [-0.25, -0.2) is 0 Å². The Morgan fingerprint density at radius 1 is 1.39 bits per heavy atom. The molecular weight excluding hydrogens is 288 g/mol. The summed E-state index contributed by atoms with van der Waals surface area (Å²) in [7, 11) is 1.89. The molecule has 0 saturated heterocycles. The van der Waals surface area contributed by atoms with E-state index in [-0.39, 0.29) is 35.4 Å². The minimum absolute atomic E-state index is 0.0169. The molecule has 0 spiro atoms. The number of benzene rings is 1. The third-order valence-electron chi connectivity index (χ3n) is 5.42. The molecule has 1 amide bonds. The second kappa shape index (κ2) is 7.02. The largest absolute Gasteiger partial charge is 0.378 e. The van der Waals surface area contributed by atoms with Crippen LogP contribution in [-0.2, 0) is 9.53 Å². The van der Waals surface area contributed by atoms with Crippen molar-refractivity contribution in [3.63, 3.8) is 0 Å². The van der Waals surface area contributed by atoms with Crippen molar-refractivity contribution in [2.45, 2.75) is 52.3 Å². The predicted octanol–water partition coefficient (Wildman–Crippen LogP) is 2.98. The van der Waals surface area contributed by atoms with E-state index in [9.17, 15) is 4.79 Å². The average molecular weight is 318 g/mol. The molecule has 2 N–H and O–H groups in total. The van der Waals surface area contributed by atoms with Crippen LogP contribution in [0.25, 0.3) is 0 Å². The number of amides is 1. The normalized spacial score (nSPS) is 25.3. The van der Waals surface area contributed by atoms with Gasteiger partial charge in [-0.05, 0) is 18.9 Å². The van der Waals surface area contributed by atoms with Crippen molar-refractivity contribution in [2.24, 2.45) is 17.1 Å². The first-order valence-corrected chi connectivity index (χ1v) is 8.49. The Morgan fingerprint density at radius 3 is 2.52 bits per heavy atom. The zero-order valence-corrected chi connectivity index (χ0v) is 15.0. The molecule has 2 rings (SSSR count). The Labute approximate surface area is 140 Å². The minimum Gasteiger partial charge on any atom is -0.378 e. The van der Waals surface area contributed by atoms with Gasteiger partial charge in [-0.15, -0.1) is 0 Å². The van der Waals surface area contributed by atoms with Crippen LogP contribution in [0.5, 0.6) is 0 Å². The van der Waals surface area contributed by atoms with Gasteiger partial charge in [-0.2, -0.15) is 0 Å². The summed E-state index contributed by atoms with van der Waals surface area (Å²) in [5.74, 6) is -0.140. The SMILES string of the molecule is CCOC1CC(N(C)C(=O)C(C)C(N)c2ccccc2)C1(C)C. The summed E-state index contributed by atoms with van der Waals surface area (Å²) in [6.45, 7) is 9.00. The Morgan fingerprint density at radius 2 is 2.00 bits per heavy atom. The lowest BCUT2D eigenvalue weighted by Gasteiger charge is -2.55. The maximum Gasteiger partial charge on any atom is 0.227 e. The number of carbonyl (C=O) groups is 1. The molecule has 0 heterocycles. The van der Waals surface area contributed by atoms with Crippen LogP contribution >= 0.6 is 0 Å². The van der Waals surface area contributed by atoms with Gasteiger partial charge in [0.25, 0.3) is 0 Å². The number of hydrogen-bond acceptors (Lipinski definition) is 3. The van der Waals surface area contributed by atoms with Gasteiger partial charge >= 0.3 is 0 Å². The van der Waals surface area contributed by atoms with Crippen molar-refractivity contribution in [1.82, 2.24) is 4.90 Å². The molecule has 23 heavy (non-hydrogen) atoms. The fourth-order valence-electron chi connectivity index (χ4n) is 3.60. The van der Waals surface area contributed by atoms with Gasteiger partial charge in [-0.1, -0.05) is 51.1 Å². The highest BCUT2D eigenvalue weighted by molar-refractivity contribution is 5.79. The summed E-state index contributed by atoms with van der Waals surface area (Å²) in [5, 5.41) is 0. The van der Waals surface area contributed by atoms with E-state index in [4.69, 9.17) is 10.5 Å². The quantitative estimate of drug-likeness (QED) is 0.877. The molecule has 1 aromatic rings. The summed E-state index contributed by atoms with van der Waals surface area (Å²) in [6, 6.07) is 9.75. The third kappa shape index (κ3) is 3.43. The first-order chi connectivity index (χ1) is 10.8. The summed E-state index contributed by atoms with van der Waals surface area (Å²) >= 11 is 0. The molecule has 1 fully saturated rings. The number of nitrogens with two attached hydrogens (primary N) is 1. The number of hydrogen-bond donors (Lipinski definition) is 1. The lowest BCUT2D eigenvalue weighted by molar-refractivity contribution is -0.166. The van der Waals surface area contributed by atoms with E-state index in [1.807, 2.05) is 56.1 Å². The van der Waals surface area contributed by atoms with Gasteiger partial charge in [0.2, 0.25) is 5.91 Å². The van der Waals surface area contributed by atoms with Crippen LogP contribution in [0.4, 0.5) is 0 Å². The first kappa shape index (κ1) is 18.0. The summed E-state index contributed by atoms with van der Waals surface area (Å²) in [4.78, 5) is 14.7. The van der Waals surface area contributed by atoms with Gasteiger partial charge in [0.1, 0.15) is 0 Å². The second-order valence-corrected chi connectivity index (χ2v) is 7.19. The van der Waals surface area contributed by atoms with E-state index in [2.05, 4.69) is 13.8 Å². The zero-order valence-electron chi connectivity index (χ0n) is 15.0. The highest BCUT2D eigenvalue weighted by Crippen LogP contribution is 2.45. The van der Waals surface area contributed by atoms with E-state index in [0.717, 1.165) is 12.0 Å². The summed E-state index contributed by atoms with van der Waals surface area (Å²) < 4.78 is 5.77. The number of rotatable bonds is 6. The molecule has 0 radical (unpaired) electrons. The molecule has 1 aliphatic rings. The molecule has 4 atom stereocenters. The standard InChI is InChI=1S/C19H30N2O2/c1-6-23-16-12-15(19(16,3)4)21(5)18(22)13(2)17(20)14-10-8-7-9-11-14/h7-11,13,15-17H,6,12,20H2,1-5H3. The molecular formula is C19H30N2O2. The molecule has 1 aliphatic carbocycles. The first-order valence-electron chi connectivity index (χ1n) is 8.49. The van der Waals surface area contributed by atoms with E-state index in [0.29, 0.717) is 6.61 Å². The van der Waals surface area contributed by atoms with Crippen LogP contribution in [-0.4, -0.2) is 36.6 Å². The molecule has 4 unspecified atom stereocenters. The molecule has 0 bridgehead atoms.